The maximum absolute atomic E-state index is 12.4. The molecule has 1 aliphatic rings. The van der Waals surface area contributed by atoms with Gasteiger partial charge in [-0.05, 0) is 19.1 Å². The number of hydrogen-bond donors (Lipinski definition) is 3. The van der Waals surface area contributed by atoms with Gasteiger partial charge in [0.1, 0.15) is 4.90 Å². The van der Waals surface area contributed by atoms with Crippen molar-refractivity contribution in [3.8, 4) is 0 Å². The van der Waals surface area contributed by atoms with Crippen LogP contribution >= 0.6 is 0 Å². The highest BCUT2D eigenvalue weighted by Gasteiger charge is 2.22. The Bertz CT molecular complexity index is 558. The molecular formula is C13H22N4O3S. The second-order valence-corrected chi connectivity index (χ2v) is 6.76. The summed E-state index contributed by atoms with van der Waals surface area (Å²) in [6.45, 7) is 5.55. The molecule has 0 spiro atoms. The molecule has 1 heterocycles. The summed E-state index contributed by atoms with van der Waals surface area (Å²) in [6, 6.07) is 6.35. The van der Waals surface area contributed by atoms with Crippen LogP contribution in [-0.2, 0) is 14.8 Å². The maximum Gasteiger partial charge on any atom is 0.242 e. The van der Waals surface area contributed by atoms with Crippen molar-refractivity contribution in [3.05, 3.63) is 24.3 Å². The quantitative estimate of drug-likeness (QED) is 0.504. The average Bonchev–Trinajstić information content (AvgIpc) is 2.47. The Hall–Kier alpha value is -1.19. The SMILES string of the molecule is CC(CN1CCOCC1)NS(=O)(=O)c1ccccc1NN. The summed E-state index contributed by atoms with van der Waals surface area (Å²) in [5, 5.41) is 0. The molecule has 0 bridgehead atoms. The molecule has 1 aromatic carbocycles. The summed E-state index contributed by atoms with van der Waals surface area (Å²) >= 11 is 0. The highest BCUT2D eigenvalue weighted by atomic mass is 32.2. The van der Waals surface area contributed by atoms with E-state index < -0.39 is 10.0 Å². The largest absolute Gasteiger partial charge is 0.379 e. The van der Waals surface area contributed by atoms with Gasteiger partial charge < -0.3 is 10.2 Å². The van der Waals surface area contributed by atoms with Gasteiger partial charge in [0.05, 0.1) is 18.9 Å². The second kappa shape index (κ2) is 7.19. The van der Waals surface area contributed by atoms with E-state index in [1.165, 1.54) is 6.07 Å². The molecular weight excluding hydrogens is 292 g/mol. The first-order valence-electron chi connectivity index (χ1n) is 6.91. The monoisotopic (exact) mass is 314 g/mol. The molecule has 4 N–H and O–H groups in total. The molecule has 0 aliphatic carbocycles. The number of hydrogen-bond acceptors (Lipinski definition) is 6. The van der Waals surface area contributed by atoms with Crippen molar-refractivity contribution in [1.82, 2.24) is 9.62 Å². The van der Waals surface area contributed by atoms with Crippen LogP contribution in [0, 0.1) is 0 Å². The van der Waals surface area contributed by atoms with E-state index in [-0.39, 0.29) is 10.9 Å². The topological polar surface area (TPSA) is 96.7 Å². The first kappa shape index (κ1) is 16.2. The van der Waals surface area contributed by atoms with Gasteiger partial charge in [0.25, 0.3) is 0 Å². The van der Waals surface area contributed by atoms with Crippen molar-refractivity contribution in [2.75, 3.05) is 38.3 Å². The van der Waals surface area contributed by atoms with E-state index in [4.69, 9.17) is 10.6 Å². The summed E-state index contributed by atoms with van der Waals surface area (Å²) in [5.74, 6) is 5.36. The third-order valence-electron chi connectivity index (χ3n) is 3.32. The molecule has 1 aliphatic heterocycles. The molecule has 118 valence electrons. The second-order valence-electron chi connectivity index (χ2n) is 5.08. The van der Waals surface area contributed by atoms with Crippen LogP contribution in [0.5, 0.6) is 0 Å². The van der Waals surface area contributed by atoms with Gasteiger partial charge in [0.15, 0.2) is 0 Å². The number of nitrogen functional groups attached to an aromatic ring is 1. The van der Waals surface area contributed by atoms with Gasteiger partial charge in [-0.2, -0.15) is 0 Å². The Kier molecular flexibility index (Phi) is 5.54. The zero-order valence-electron chi connectivity index (χ0n) is 12.1. The minimum Gasteiger partial charge on any atom is -0.379 e. The number of para-hydroxylation sites is 1. The Morgan fingerprint density at radius 2 is 2.00 bits per heavy atom. The molecule has 0 saturated carbocycles. The fraction of sp³-hybridized carbons (Fsp3) is 0.538. The predicted octanol–water partition coefficient (Wildman–Crippen LogP) is -0.0288. The molecule has 21 heavy (non-hydrogen) atoms. The van der Waals surface area contributed by atoms with Crippen LogP contribution in [0.15, 0.2) is 29.2 Å². The number of morpholine rings is 1. The molecule has 0 amide bonds. The molecule has 1 unspecified atom stereocenters. The number of nitrogens with one attached hydrogen (secondary N) is 2. The van der Waals surface area contributed by atoms with Crippen LogP contribution in [0.25, 0.3) is 0 Å². The molecule has 0 aromatic heterocycles. The van der Waals surface area contributed by atoms with Gasteiger partial charge in [-0.3, -0.25) is 10.7 Å². The van der Waals surface area contributed by atoms with Crippen molar-refractivity contribution in [3.63, 3.8) is 0 Å². The van der Waals surface area contributed by atoms with Gasteiger partial charge in [-0.1, -0.05) is 12.1 Å². The van der Waals surface area contributed by atoms with E-state index in [9.17, 15) is 8.42 Å². The van der Waals surface area contributed by atoms with Gasteiger partial charge in [-0.15, -0.1) is 0 Å². The van der Waals surface area contributed by atoms with Gasteiger partial charge >= 0.3 is 0 Å². The third-order valence-corrected chi connectivity index (χ3v) is 4.97. The first-order chi connectivity index (χ1) is 10.0. The van der Waals surface area contributed by atoms with Crippen LogP contribution in [0.2, 0.25) is 0 Å². The van der Waals surface area contributed by atoms with Crippen molar-refractivity contribution in [2.45, 2.75) is 17.9 Å². The molecule has 1 fully saturated rings. The normalized spacial score (nSPS) is 18.4. The summed E-state index contributed by atoms with van der Waals surface area (Å²) in [5.41, 5.74) is 2.79. The Labute approximate surface area is 125 Å². The smallest absolute Gasteiger partial charge is 0.242 e. The number of anilines is 1. The number of sulfonamides is 1. The predicted molar refractivity (Wildman–Crippen MR) is 81.3 cm³/mol. The summed E-state index contributed by atoms with van der Waals surface area (Å²) < 4.78 is 32.8. The zero-order chi connectivity index (χ0) is 15.3. The average molecular weight is 314 g/mol. The lowest BCUT2D eigenvalue weighted by molar-refractivity contribution is 0.0354. The van der Waals surface area contributed by atoms with Crippen molar-refractivity contribution in [2.24, 2.45) is 5.84 Å². The zero-order valence-corrected chi connectivity index (χ0v) is 12.9. The van der Waals surface area contributed by atoms with E-state index in [0.29, 0.717) is 25.4 Å². The number of benzene rings is 1. The van der Waals surface area contributed by atoms with E-state index >= 15 is 0 Å². The number of nitrogens with zero attached hydrogens (tertiary/aromatic N) is 1. The summed E-state index contributed by atoms with van der Waals surface area (Å²) in [4.78, 5) is 2.34. The highest BCUT2D eigenvalue weighted by molar-refractivity contribution is 7.89. The van der Waals surface area contributed by atoms with Crippen molar-refractivity contribution in [1.29, 1.82) is 0 Å². The van der Waals surface area contributed by atoms with Gasteiger partial charge in [0.2, 0.25) is 10.0 Å². The van der Waals surface area contributed by atoms with E-state index in [0.717, 1.165) is 13.1 Å². The third kappa shape index (κ3) is 4.39. The Balaban J connectivity index is 2.02. The Morgan fingerprint density at radius 1 is 1.33 bits per heavy atom. The maximum atomic E-state index is 12.4. The van der Waals surface area contributed by atoms with Crippen molar-refractivity contribution >= 4 is 15.7 Å². The van der Waals surface area contributed by atoms with Crippen molar-refractivity contribution < 1.29 is 13.2 Å². The fourth-order valence-electron chi connectivity index (χ4n) is 2.36. The number of rotatable bonds is 6. The van der Waals surface area contributed by atoms with Crippen LogP contribution < -0.4 is 16.0 Å². The molecule has 7 nitrogen and oxygen atoms in total. The van der Waals surface area contributed by atoms with Gasteiger partial charge in [0, 0.05) is 25.7 Å². The van der Waals surface area contributed by atoms with E-state index in [1.54, 1.807) is 18.2 Å². The number of nitrogens with two attached hydrogens (primary N) is 1. The Morgan fingerprint density at radius 3 is 2.67 bits per heavy atom. The van der Waals surface area contributed by atoms with E-state index in [2.05, 4.69) is 15.0 Å². The van der Waals surface area contributed by atoms with Gasteiger partial charge in [-0.25, -0.2) is 13.1 Å². The fourth-order valence-corrected chi connectivity index (χ4v) is 3.76. The summed E-state index contributed by atoms with van der Waals surface area (Å²) in [6.07, 6.45) is 0. The number of hydrazine groups is 1. The van der Waals surface area contributed by atoms with E-state index in [1.807, 2.05) is 6.92 Å². The lowest BCUT2D eigenvalue weighted by Crippen LogP contribution is -2.46. The minimum absolute atomic E-state index is 0.154. The standard InChI is InChI=1S/C13H22N4O3S/c1-11(10-17-6-8-20-9-7-17)16-21(18,19)13-5-3-2-4-12(13)15-14/h2-5,11,15-16H,6-10,14H2,1H3. The first-order valence-corrected chi connectivity index (χ1v) is 8.39. The molecule has 8 heteroatoms. The number of ether oxygens (including phenoxy) is 1. The van der Waals surface area contributed by atoms with Crippen LogP contribution in [0.3, 0.4) is 0 Å². The molecule has 0 radical (unpaired) electrons. The molecule has 2 rings (SSSR count). The lowest BCUT2D eigenvalue weighted by Gasteiger charge is -2.29. The van der Waals surface area contributed by atoms with Crippen LogP contribution in [0.1, 0.15) is 6.92 Å². The molecule has 1 aromatic rings. The molecule has 1 saturated heterocycles. The highest BCUT2D eigenvalue weighted by Crippen LogP contribution is 2.19. The lowest BCUT2D eigenvalue weighted by atomic mass is 10.3. The molecule has 1 atom stereocenters. The summed E-state index contributed by atoms with van der Waals surface area (Å²) in [7, 11) is -3.60. The van der Waals surface area contributed by atoms with Crippen LogP contribution in [0.4, 0.5) is 5.69 Å². The van der Waals surface area contributed by atoms with Crippen LogP contribution in [-0.4, -0.2) is 52.2 Å². The minimum atomic E-state index is -3.60.